The van der Waals surface area contributed by atoms with Crippen molar-refractivity contribution in [2.45, 2.75) is 26.1 Å². The topological polar surface area (TPSA) is 50.4 Å². The third-order valence-corrected chi connectivity index (χ3v) is 3.48. The van der Waals surface area contributed by atoms with Crippen LogP contribution in [0.15, 0.2) is 18.2 Å². The number of amides is 1. The summed E-state index contributed by atoms with van der Waals surface area (Å²) in [6.07, 6.45) is -0.545. The largest absolute Gasteiger partial charge is 0.274 e. The Morgan fingerprint density at radius 2 is 1.89 bits per heavy atom. The molecule has 0 radical (unpaired) electrons. The summed E-state index contributed by atoms with van der Waals surface area (Å²) in [5, 5.41) is 4.09. The number of hydrogen-bond acceptors (Lipinski definition) is 3. The second-order valence-corrected chi connectivity index (χ2v) is 5.30. The monoisotopic (exact) mass is 288 g/mol. The van der Waals surface area contributed by atoms with E-state index in [1.165, 1.54) is 0 Å². The van der Waals surface area contributed by atoms with Crippen LogP contribution in [0.5, 0.6) is 0 Å². The van der Waals surface area contributed by atoms with Gasteiger partial charge in [-0.25, -0.2) is 10.3 Å². The van der Waals surface area contributed by atoms with Crippen LogP contribution >= 0.6 is 23.2 Å². The Labute approximate surface area is 116 Å². The minimum absolute atomic E-state index is 0.137. The van der Waals surface area contributed by atoms with Gasteiger partial charge < -0.3 is 0 Å². The van der Waals surface area contributed by atoms with Crippen molar-refractivity contribution < 1.29 is 9.63 Å². The number of nitrogens with one attached hydrogen (secondary N) is 2. The summed E-state index contributed by atoms with van der Waals surface area (Å²) in [5.41, 5.74) is 3.03. The molecular formula is C12H14Cl2N2O2. The molecule has 98 valence electrons. The Morgan fingerprint density at radius 3 is 2.44 bits per heavy atom. The minimum Gasteiger partial charge on any atom is -0.274 e. The lowest BCUT2D eigenvalue weighted by atomic mass is 10.0. The number of hydrogen-bond donors (Lipinski definition) is 2. The van der Waals surface area contributed by atoms with Crippen LogP contribution in [0, 0.1) is 5.92 Å². The fourth-order valence-electron chi connectivity index (χ4n) is 1.85. The standard InChI is InChI=1S/C12H14Cl2N2O2/c1-6(2)10-11(17)16-18-12(15-10)9-7(13)4-3-5-8(9)14/h3-6,10,12,15H,1-2H3,(H,16,17)/t10-,12?/m0/s1. The second kappa shape index (κ2) is 5.45. The maximum Gasteiger partial charge on any atom is 0.261 e. The first-order chi connectivity index (χ1) is 8.50. The molecule has 2 atom stereocenters. The lowest BCUT2D eigenvalue weighted by Crippen LogP contribution is -2.55. The molecule has 4 nitrogen and oxygen atoms in total. The first-order valence-corrected chi connectivity index (χ1v) is 6.41. The van der Waals surface area contributed by atoms with Crippen molar-refractivity contribution >= 4 is 29.1 Å². The lowest BCUT2D eigenvalue weighted by molar-refractivity contribution is -0.158. The molecule has 0 aliphatic carbocycles. The van der Waals surface area contributed by atoms with Crippen LogP contribution in [0.3, 0.4) is 0 Å². The molecule has 1 saturated heterocycles. The molecule has 1 aromatic carbocycles. The van der Waals surface area contributed by atoms with E-state index in [4.69, 9.17) is 28.0 Å². The van der Waals surface area contributed by atoms with Crippen LogP contribution in [0.2, 0.25) is 10.0 Å². The van der Waals surface area contributed by atoms with Crippen LogP contribution < -0.4 is 10.8 Å². The molecule has 18 heavy (non-hydrogen) atoms. The highest BCUT2D eigenvalue weighted by Gasteiger charge is 2.33. The molecular weight excluding hydrogens is 275 g/mol. The molecule has 6 heteroatoms. The molecule has 1 fully saturated rings. The average Bonchev–Trinajstić information content (AvgIpc) is 2.30. The average molecular weight is 289 g/mol. The van der Waals surface area contributed by atoms with Crippen LogP contribution in [-0.4, -0.2) is 11.9 Å². The number of rotatable bonds is 2. The number of carbonyl (C=O) groups is 1. The highest BCUT2D eigenvalue weighted by molar-refractivity contribution is 6.36. The number of halogens is 2. The summed E-state index contributed by atoms with van der Waals surface area (Å²) < 4.78 is 0. The van der Waals surface area contributed by atoms with E-state index in [1.54, 1.807) is 18.2 Å². The van der Waals surface area contributed by atoms with E-state index in [-0.39, 0.29) is 17.9 Å². The summed E-state index contributed by atoms with van der Waals surface area (Å²) in [6.45, 7) is 3.90. The maximum atomic E-state index is 11.6. The highest BCUT2D eigenvalue weighted by atomic mass is 35.5. The van der Waals surface area contributed by atoms with Crippen LogP contribution in [-0.2, 0) is 9.63 Å². The molecule has 1 aliphatic heterocycles. The van der Waals surface area contributed by atoms with Gasteiger partial charge in [0.2, 0.25) is 0 Å². The lowest BCUT2D eigenvalue weighted by Gasteiger charge is -2.33. The molecule has 1 amide bonds. The predicted molar refractivity (Wildman–Crippen MR) is 70.2 cm³/mol. The molecule has 2 N–H and O–H groups in total. The molecule has 2 rings (SSSR count). The summed E-state index contributed by atoms with van der Waals surface area (Å²) in [6, 6.07) is 4.88. The normalized spacial score (nSPS) is 24.2. The van der Waals surface area contributed by atoms with Crippen molar-refractivity contribution in [1.82, 2.24) is 10.8 Å². The van der Waals surface area contributed by atoms with E-state index >= 15 is 0 Å². The van der Waals surface area contributed by atoms with Gasteiger partial charge in [0.05, 0.1) is 6.04 Å². The zero-order valence-electron chi connectivity index (χ0n) is 10.0. The first-order valence-electron chi connectivity index (χ1n) is 5.66. The summed E-state index contributed by atoms with van der Waals surface area (Å²) in [4.78, 5) is 16.9. The van der Waals surface area contributed by atoms with E-state index < -0.39 is 6.23 Å². The van der Waals surface area contributed by atoms with Gasteiger partial charge in [0.1, 0.15) is 0 Å². The van der Waals surface area contributed by atoms with Crippen molar-refractivity contribution in [2.75, 3.05) is 0 Å². The molecule has 1 aliphatic rings. The molecule has 1 aromatic rings. The Hall–Kier alpha value is -0.810. The molecule has 0 spiro atoms. The highest BCUT2D eigenvalue weighted by Crippen LogP contribution is 2.32. The first kappa shape index (κ1) is 13.6. The van der Waals surface area contributed by atoms with Crippen LogP contribution in [0.25, 0.3) is 0 Å². The SMILES string of the molecule is CC(C)[C@@H]1NC(c2c(Cl)cccc2Cl)ONC1=O. The summed E-state index contributed by atoms with van der Waals surface area (Å²) >= 11 is 12.2. The molecule has 0 aromatic heterocycles. The van der Waals surface area contributed by atoms with Gasteiger partial charge >= 0.3 is 0 Å². The molecule has 0 saturated carbocycles. The van der Waals surface area contributed by atoms with Gasteiger partial charge in [-0.3, -0.25) is 10.1 Å². The zero-order valence-corrected chi connectivity index (χ0v) is 11.5. The smallest absolute Gasteiger partial charge is 0.261 e. The quantitative estimate of drug-likeness (QED) is 0.880. The number of benzene rings is 1. The van der Waals surface area contributed by atoms with Gasteiger partial charge in [-0.05, 0) is 18.1 Å². The van der Waals surface area contributed by atoms with Gasteiger partial charge in [0.15, 0.2) is 6.23 Å². The minimum atomic E-state index is -0.545. The third-order valence-electron chi connectivity index (χ3n) is 2.82. The van der Waals surface area contributed by atoms with Crippen LogP contribution in [0.4, 0.5) is 0 Å². The number of carbonyl (C=O) groups excluding carboxylic acids is 1. The van der Waals surface area contributed by atoms with Gasteiger partial charge in [-0.1, -0.05) is 43.1 Å². The number of hydroxylamine groups is 1. The Bertz CT molecular complexity index is 445. The maximum absolute atomic E-state index is 11.6. The van der Waals surface area contributed by atoms with Crippen LogP contribution in [0.1, 0.15) is 25.6 Å². The predicted octanol–water partition coefficient (Wildman–Crippen LogP) is 2.67. The van der Waals surface area contributed by atoms with Crippen molar-refractivity contribution in [3.05, 3.63) is 33.8 Å². The van der Waals surface area contributed by atoms with Crippen molar-refractivity contribution in [1.29, 1.82) is 0 Å². The Balaban J connectivity index is 2.27. The fourth-order valence-corrected chi connectivity index (χ4v) is 2.45. The summed E-state index contributed by atoms with van der Waals surface area (Å²) in [7, 11) is 0. The summed E-state index contributed by atoms with van der Waals surface area (Å²) in [5.74, 6) is -0.0536. The van der Waals surface area contributed by atoms with E-state index in [1.807, 2.05) is 13.8 Å². The molecule has 1 unspecified atom stereocenters. The van der Waals surface area contributed by atoms with Gasteiger partial charge in [-0.2, -0.15) is 0 Å². The van der Waals surface area contributed by atoms with E-state index in [0.29, 0.717) is 15.6 Å². The molecule has 0 bridgehead atoms. The Morgan fingerprint density at radius 1 is 1.28 bits per heavy atom. The molecule has 1 heterocycles. The van der Waals surface area contributed by atoms with E-state index in [0.717, 1.165) is 0 Å². The Kier molecular flexibility index (Phi) is 4.12. The zero-order chi connectivity index (χ0) is 13.3. The van der Waals surface area contributed by atoms with E-state index in [2.05, 4.69) is 10.8 Å². The second-order valence-electron chi connectivity index (χ2n) is 4.49. The third kappa shape index (κ3) is 2.62. The van der Waals surface area contributed by atoms with Crippen molar-refractivity contribution in [3.63, 3.8) is 0 Å². The van der Waals surface area contributed by atoms with Gasteiger partial charge in [0, 0.05) is 15.6 Å². The van der Waals surface area contributed by atoms with Crippen molar-refractivity contribution in [3.8, 4) is 0 Å². The van der Waals surface area contributed by atoms with E-state index in [9.17, 15) is 4.79 Å². The van der Waals surface area contributed by atoms with Gasteiger partial charge in [0.25, 0.3) is 5.91 Å². The van der Waals surface area contributed by atoms with Crippen molar-refractivity contribution in [2.24, 2.45) is 5.92 Å². The van der Waals surface area contributed by atoms with Gasteiger partial charge in [-0.15, -0.1) is 0 Å². The fraction of sp³-hybridized carbons (Fsp3) is 0.417.